The predicted molar refractivity (Wildman–Crippen MR) is 103 cm³/mol. The maximum Gasteiger partial charge on any atom is 0.410 e. The molecular formula is C19H32N4O4. The van der Waals surface area contributed by atoms with Gasteiger partial charge >= 0.3 is 6.09 Å². The Morgan fingerprint density at radius 2 is 1.93 bits per heavy atom. The van der Waals surface area contributed by atoms with Gasteiger partial charge in [0.25, 0.3) is 0 Å². The Hall–Kier alpha value is -1.90. The van der Waals surface area contributed by atoms with Crippen LogP contribution in [0.3, 0.4) is 0 Å². The molecule has 0 aromatic carbocycles. The maximum absolute atomic E-state index is 12.0. The van der Waals surface area contributed by atoms with Gasteiger partial charge in [0.15, 0.2) is 0 Å². The summed E-state index contributed by atoms with van der Waals surface area (Å²) in [7, 11) is 0. The van der Waals surface area contributed by atoms with E-state index in [1.165, 1.54) is 0 Å². The van der Waals surface area contributed by atoms with E-state index in [9.17, 15) is 4.79 Å². The fourth-order valence-corrected chi connectivity index (χ4v) is 2.69. The first kappa shape index (κ1) is 21.4. The molecule has 0 aliphatic carbocycles. The molecule has 1 aliphatic rings. The molecule has 1 saturated heterocycles. The number of aromatic nitrogens is 1. The summed E-state index contributed by atoms with van der Waals surface area (Å²) in [5, 5.41) is 0. The smallest absolute Gasteiger partial charge is 0.410 e. The number of hydrogen-bond acceptors (Lipinski definition) is 7. The highest BCUT2D eigenvalue weighted by molar-refractivity contribution is 5.68. The lowest BCUT2D eigenvalue weighted by atomic mass is 10.2. The van der Waals surface area contributed by atoms with Crippen molar-refractivity contribution < 1.29 is 19.0 Å². The van der Waals surface area contributed by atoms with Gasteiger partial charge in [-0.1, -0.05) is 0 Å². The number of amides is 1. The van der Waals surface area contributed by atoms with E-state index in [1.54, 1.807) is 17.3 Å². The Morgan fingerprint density at radius 1 is 1.19 bits per heavy atom. The SMILES string of the molecule is CC(C)(C)OC(=O)N1CCN(CCOCCOc2cnccc2CN)CC1. The molecule has 0 unspecified atom stereocenters. The number of nitrogens with two attached hydrogens (primary N) is 1. The van der Waals surface area contributed by atoms with E-state index in [0.717, 1.165) is 25.2 Å². The van der Waals surface area contributed by atoms with Gasteiger partial charge in [0, 0.05) is 51.0 Å². The summed E-state index contributed by atoms with van der Waals surface area (Å²) in [6.45, 7) is 11.5. The van der Waals surface area contributed by atoms with E-state index in [4.69, 9.17) is 19.9 Å². The summed E-state index contributed by atoms with van der Waals surface area (Å²) in [6, 6.07) is 1.85. The van der Waals surface area contributed by atoms with Crippen molar-refractivity contribution in [1.82, 2.24) is 14.8 Å². The zero-order valence-electron chi connectivity index (χ0n) is 16.6. The molecule has 0 radical (unpaired) electrons. The molecule has 152 valence electrons. The molecule has 8 nitrogen and oxygen atoms in total. The van der Waals surface area contributed by atoms with Crippen LogP contribution in [0.15, 0.2) is 18.5 Å². The van der Waals surface area contributed by atoms with Crippen molar-refractivity contribution in [3.05, 3.63) is 24.0 Å². The third kappa shape index (κ3) is 7.70. The highest BCUT2D eigenvalue weighted by atomic mass is 16.6. The van der Waals surface area contributed by atoms with Gasteiger partial charge in [-0.25, -0.2) is 4.79 Å². The summed E-state index contributed by atoms with van der Waals surface area (Å²) in [5.41, 5.74) is 6.15. The van der Waals surface area contributed by atoms with Crippen LogP contribution in [0.25, 0.3) is 0 Å². The second-order valence-corrected chi connectivity index (χ2v) is 7.46. The third-order valence-electron chi connectivity index (χ3n) is 4.15. The Balaban J connectivity index is 1.55. The Kier molecular flexibility index (Phi) is 8.27. The molecule has 27 heavy (non-hydrogen) atoms. The first-order valence-corrected chi connectivity index (χ1v) is 9.43. The summed E-state index contributed by atoms with van der Waals surface area (Å²) in [5.74, 6) is 0.710. The van der Waals surface area contributed by atoms with Crippen molar-refractivity contribution in [2.24, 2.45) is 5.73 Å². The molecule has 0 spiro atoms. The zero-order valence-corrected chi connectivity index (χ0v) is 16.6. The van der Waals surface area contributed by atoms with Crippen LogP contribution < -0.4 is 10.5 Å². The lowest BCUT2D eigenvalue weighted by Crippen LogP contribution is -2.50. The van der Waals surface area contributed by atoms with Crippen LogP contribution in [0.4, 0.5) is 4.79 Å². The van der Waals surface area contributed by atoms with Gasteiger partial charge in [-0.2, -0.15) is 0 Å². The number of nitrogens with zero attached hydrogens (tertiary/aromatic N) is 3. The summed E-state index contributed by atoms with van der Waals surface area (Å²) >= 11 is 0. The van der Waals surface area contributed by atoms with E-state index in [1.807, 2.05) is 26.8 Å². The van der Waals surface area contributed by atoms with E-state index in [0.29, 0.717) is 45.2 Å². The van der Waals surface area contributed by atoms with Gasteiger partial charge in [-0.15, -0.1) is 0 Å². The third-order valence-corrected chi connectivity index (χ3v) is 4.15. The normalized spacial score (nSPS) is 15.6. The van der Waals surface area contributed by atoms with Gasteiger partial charge < -0.3 is 24.8 Å². The molecule has 0 bridgehead atoms. The Labute approximate surface area is 161 Å². The fraction of sp³-hybridized carbons (Fsp3) is 0.684. The molecule has 1 fully saturated rings. The molecule has 0 saturated carbocycles. The second kappa shape index (κ2) is 10.4. The first-order chi connectivity index (χ1) is 12.9. The summed E-state index contributed by atoms with van der Waals surface area (Å²) in [4.78, 5) is 20.1. The van der Waals surface area contributed by atoms with Crippen molar-refractivity contribution in [1.29, 1.82) is 0 Å². The van der Waals surface area contributed by atoms with Crippen LogP contribution in [-0.4, -0.2) is 79.0 Å². The summed E-state index contributed by atoms with van der Waals surface area (Å²) < 4.78 is 16.7. The first-order valence-electron chi connectivity index (χ1n) is 9.43. The van der Waals surface area contributed by atoms with Crippen molar-refractivity contribution in [2.75, 3.05) is 52.5 Å². The average Bonchev–Trinajstić information content (AvgIpc) is 2.64. The minimum absolute atomic E-state index is 0.234. The molecule has 1 aromatic heterocycles. The molecule has 1 aromatic rings. The van der Waals surface area contributed by atoms with Gasteiger partial charge in [0.05, 0.1) is 19.4 Å². The van der Waals surface area contributed by atoms with Crippen LogP contribution in [0.2, 0.25) is 0 Å². The standard InChI is InChI=1S/C19H32N4O4/c1-19(2,3)27-18(24)23-8-6-22(7-9-23)10-11-25-12-13-26-17-15-21-5-4-16(17)14-20/h4-5,15H,6-14,20H2,1-3H3. The van der Waals surface area contributed by atoms with E-state index >= 15 is 0 Å². The molecule has 8 heteroatoms. The Bertz CT molecular complexity index is 583. The molecule has 1 amide bonds. The average molecular weight is 380 g/mol. The zero-order chi connectivity index (χ0) is 19.7. The molecule has 2 heterocycles. The number of pyridine rings is 1. The lowest BCUT2D eigenvalue weighted by molar-refractivity contribution is 0.0108. The van der Waals surface area contributed by atoms with Crippen LogP contribution >= 0.6 is 0 Å². The number of piperazine rings is 1. The van der Waals surface area contributed by atoms with Gasteiger partial charge in [0.2, 0.25) is 0 Å². The van der Waals surface area contributed by atoms with Gasteiger partial charge in [0.1, 0.15) is 18.0 Å². The number of carbonyl (C=O) groups excluding carboxylic acids is 1. The number of ether oxygens (including phenoxy) is 3. The minimum atomic E-state index is -0.454. The van der Waals surface area contributed by atoms with Crippen LogP contribution in [0.5, 0.6) is 5.75 Å². The van der Waals surface area contributed by atoms with Gasteiger partial charge in [-0.05, 0) is 26.8 Å². The van der Waals surface area contributed by atoms with E-state index < -0.39 is 5.60 Å². The number of carbonyl (C=O) groups is 1. The lowest BCUT2D eigenvalue weighted by Gasteiger charge is -2.35. The molecular weight excluding hydrogens is 348 g/mol. The van der Waals surface area contributed by atoms with Crippen LogP contribution in [0.1, 0.15) is 26.3 Å². The number of rotatable bonds is 8. The molecule has 1 aliphatic heterocycles. The molecule has 2 rings (SSSR count). The predicted octanol–water partition coefficient (Wildman–Crippen LogP) is 1.49. The second-order valence-electron chi connectivity index (χ2n) is 7.46. The summed E-state index contributed by atoms with van der Waals surface area (Å²) in [6.07, 6.45) is 3.14. The molecule has 0 atom stereocenters. The highest BCUT2D eigenvalue weighted by Gasteiger charge is 2.25. The minimum Gasteiger partial charge on any atom is -0.489 e. The van der Waals surface area contributed by atoms with E-state index in [2.05, 4.69) is 9.88 Å². The topological polar surface area (TPSA) is 90.2 Å². The molecule has 2 N–H and O–H groups in total. The van der Waals surface area contributed by atoms with Crippen molar-refractivity contribution in [3.63, 3.8) is 0 Å². The van der Waals surface area contributed by atoms with E-state index in [-0.39, 0.29) is 6.09 Å². The number of hydrogen-bond donors (Lipinski definition) is 1. The fourth-order valence-electron chi connectivity index (χ4n) is 2.69. The monoisotopic (exact) mass is 380 g/mol. The maximum atomic E-state index is 12.0. The van der Waals surface area contributed by atoms with Crippen molar-refractivity contribution >= 4 is 6.09 Å². The van der Waals surface area contributed by atoms with Crippen LogP contribution in [-0.2, 0) is 16.0 Å². The largest absolute Gasteiger partial charge is 0.489 e. The van der Waals surface area contributed by atoms with Crippen molar-refractivity contribution in [2.45, 2.75) is 32.9 Å². The van der Waals surface area contributed by atoms with Crippen molar-refractivity contribution in [3.8, 4) is 5.75 Å². The highest BCUT2D eigenvalue weighted by Crippen LogP contribution is 2.15. The Morgan fingerprint density at radius 3 is 2.59 bits per heavy atom. The van der Waals surface area contributed by atoms with Crippen LogP contribution in [0, 0.1) is 0 Å². The quantitative estimate of drug-likeness (QED) is 0.683. The van der Waals surface area contributed by atoms with Gasteiger partial charge in [-0.3, -0.25) is 9.88 Å².